The molecule has 0 aromatic heterocycles. The molecule has 19 heavy (non-hydrogen) atoms. The van der Waals surface area contributed by atoms with Gasteiger partial charge >= 0.3 is 0 Å². The van der Waals surface area contributed by atoms with Crippen molar-refractivity contribution in [1.29, 1.82) is 0 Å². The van der Waals surface area contributed by atoms with Gasteiger partial charge in [0.05, 0.1) is 0 Å². The van der Waals surface area contributed by atoms with Crippen molar-refractivity contribution in [3.8, 4) is 0 Å². The van der Waals surface area contributed by atoms with Crippen LogP contribution < -0.4 is 11.1 Å². The summed E-state index contributed by atoms with van der Waals surface area (Å²) in [4.78, 5) is 0.463. The van der Waals surface area contributed by atoms with Crippen molar-refractivity contribution in [2.45, 2.75) is 38.4 Å². The molecule has 0 bridgehead atoms. The van der Waals surface area contributed by atoms with Gasteiger partial charge in [-0.3, -0.25) is 0 Å². The summed E-state index contributed by atoms with van der Waals surface area (Å²) in [6, 6.07) is 6.17. The van der Waals surface area contributed by atoms with Crippen molar-refractivity contribution in [2.24, 2.45) is 5.73 Å². The van der Waals surface area contributed by atoms with E-state index in [4.69, 9.17) is 18.0 Å². The molecule has 0 saturated heterocycles. The van der Waals surface area contributed by atoms with Gasteiger partial charge in [0.2, 0.25) is 0 Å². The molecule has 0 unspecified atom stereocenters. The number of thiocarbonyl (C=S) groups is 1. The number of anilines is 1. The Bertz CT molecular complexity index is 432. The van der Waals surface area contributed by atoms with E-state index in [0.717, 1.165) is 23.4 Å². The van der Waals surface area contributed by atoms with Crippen LogP contribution in [0.1, 0.15) is 37.8 Å². The average molecular weight is 297 g/mol. The van der Waals surface area contributed by atoms with Crippen LogP contribution in [0.15, 0.2) is 18.2 Å². The Morgan fingerprint density at radius 2 is 2.00 bits per heavy atom. The van der Waals surface area contributed by atoms with Crippen LogP contribution in [0.5, 0.6) is 0 Å². The van der Waals surface area contributed by atoms with Crippen LogP contribution in [0.25, 0.3) is 0 Å². The first-order valence-corrected chi connectivity index (χ1v) is 8.30. The van der Waals surface area contributed by atoms with Gasteiger partial charge in [0.15, 0.2) is 0 Å². The van der Waals surface area contributed by atoms with Gasteiger partial charge in [-0.05, 0) is 49.8 Å². The van der Waals surface area contributed by atoms with E-state index in [2.05, 4.69) is 37.6 Å². The molecular formula is C15H24N2S2. The lowest BCUT2D eigenvalue weighted by Gasteiger charge is -2.30. The first-order chi connectivity index (χ1) is 8.98. The van der Waals surface area contributed by atoms with Crippen molar-refractivity contribution in [1.82, 2.24) is 0 Å². The second-order valence-corrected chi connectivity index (χ2v) is 6.56. The SMILES string of the molecule is CCC(CC)(CNc1ccc(C(N)=S)c(C)c1)SC. The molecule has 1 aromatic rings. The van der Waals surface area contributed by atoms with E-state index in [1.165, 1.54) is 12.8 Å². The maximum atomic E-state index is 5.68. The number of benzene rings is 1. The number of rotatable bonds is 7. The summed E-state index contributed by atoms with van der Waals surface area (Å²) in [7, 11) is 0. The van der Waals surface area contributed by atoms with Crippen LogP contribution in [-0.2, 0) is 0 Å². The van der Waals surface area contributed by atoms with Crippen LogP contribution >= 0.6 is 24.0 Å². The maximum Gasteiger partial charge on any atom is 0.104 e. The third-order valence-electron chi connectivity index (χ3n) is 3.83. The second kappa shape index (κ2) is 7.15. The van der Waals surface area contributed by atoms with Gasteiger partial charge in [-0.1, -0.05) is 26.1 Å². The minimum atomic E-state index is 0.315. The molecule has 106 valence electrons. The van der Waals surface area contributed by atoms with E-state index in [0.29, 0.717) is 9.74 Å². The fourth-order valence-electron chi connectivity index (χ4n) is 2.17. The summed E-state index contributed by atoms with van der Waals surface area (Å²) >= 11 is 6.97. The van der Waals surface area contributed by atoms with E-state index in [1.807, 2.05) is 24.8 Å². The Labute approximate surface area is 126 Å². The number of thioether (sulfide) groups is 1. The van der Waals surface area contributed by atoms with Crippen LogP contribution in [0.2, 0.25) is 0 Å². The Balaban J connectivity index is 2.78. The van der Waals surface area contributed by atoms with E-state index in [-0.39, 0.29) is 0 Å². The van der Waals surface area contributed by atoms with Crippen molar-refractivity contribution >= 4 is 34.7 Å². The third kappa shape index (κ3) is 4.11. The summed E-state index contributed by atoms with van der Waals surface area (Å²) in [6.45, 7) is 7.53. The molecule has 0 atom stereocenters. The Morgan fingerprint density at radius 1 is 1.37 bits per heavy atom. The van der Waals surface area contributed by atoms with Gasteiger partial charge in [0.25, 0.3) is 0 Å². The molecule has 3 N–H and O–H groups in total. The lowest BCUT2D eigenvalue weighted by Crippen LogP contribution is -2.32. The van der Waals surface area contributed by atoms with Crippen LogP contribution in [-0.4, -0.2) is 22.5 Å². The molecule has 0 aliphatic rings. The van der Waals surface area contributed by atoms with Gasteiger partial charge in [-0.25, -0.2) is 0 Å². The van der Waals surface area contributed by atoms with E-state index in [1.54, 1.807) is 0 Å². The summed E-state index contributed by atoms with van der Waals surface area (Å²) in [5.74, 6) is 0. The number of aryl methyl sites for hydroxylation is 1. The van der Waals surface area contributed by atoms with Gasteiger partial charge in [0.1, 0.15) is 4.99 Å². The van der Waals surface area contributed by atoms with Gasteiger partial charge < -0.3 is 11.1 Å². The van der Waals surface area contributed by atoms with Gasteiger partial charge in [-0.2, -0.15) is 11.8 Å². The molecule has 2 nitrogen and oxygen atoms in total. The predicted octanol–water partition coefficient (Wildman–Crippen LogP) is 3.96. The molecule has 0 radical (unpaired) electrons. The minimum absolute atomic E-state index is 0.315. The molecule has 0 aliphatic carbocycles. The fourth-order valence-corrected chi connectivity index (χ4v) is 3.20. The zero-order valence-electron chi connectivity index (χ0n) is 12.2. The highest BCUT2D eigenvalue weighted by Gasteiger charge is 2.24. The highest BCUT2D eigenvalue weighted by Crippen LogP contribution is 2.30. The van der Waals surface area contributed by atoms with Crippen molar-refractivity contribution in [2.75, 3.05) is 18.1 Å². The standard InChI is InChI=1S/C15H24N2S2/c1-5-15(6-2,19-4)10-17-12-7-8-13(14(16)18)11(3)9-12/h7-9,17H,5-6,10H2,1-4H3,(H2,16,18). The molecular weight excluding hydrogens is 272 g/mol. The Kier molecular flexibility index (Phi) is 6.14. The van der Waals surface area contributed by atoms with Crippen molar-refractivity contribution in [3.63, 3.8) is 0 Å². The highest BCUT2D eigenvalue weighted by molar-refractivity contribution is 8.00. The molecule has 1 rings (SSSR count). The maximum absolute atomic E-state index is 5.68. The molecule has 1 aromatic carbocycles. The molecule has 0 fully saturated rings. The zero-order valence-corrected chi connectivity index (χ0v) is 13.9. The van der Waals surface area contributed by atoms with E-state index >= 15 is 0 Å². The van der Waals surface area contributed by atoms with Crippen molar-refractivity contribution < 1.29 is 0 Å². The smallest absolute Gasteiger partial charge is 0.104 e. The van der Waals surface area contributed by atoms with Gasteiger partial charge in [0, 0.05) is 22.5 Å². The minimum Gasteiger partial charge on any atom is -0.389 e. The summed E-state index contributed by atoms with van der Waals surface area (Å²) in [6.07, 6.45) is 4.53. The number of hydrogen-bond donors (Lipinski definition) is 2. The first-order valence-electron chi connectivity index (χ1n) is 6.67. The predicted molar refractivity (Wildman–Crippen MR) is 92.4 cm³/mol. The topological polar surface area (TPSA) is 38.0 Å². The monoisotopic (exact) mass is 296 g/mol. The lowest BCUT2D eigenvalue weighted by molar-refractivity contribution is 0.575. The molecule has 0 spiro atoms. The Hall–Kier alpha value is -0.740. The van der Waals surface area contributed by atoms with Crippen LogP contribution in [0.4, 0.5) is 5.69 Å². The van der Waals surface area contributed by atoms with Crippen LogP contribution in [0.3, 0.4) is 0 Å². The summed E-state index contributed by atoms with van der Waals surface area (Å²) < 4.78 is 0.315. The van der Waals surface area contributed by atoms with E-state index < -0.39 is 0 Å². The normalized spacial score (nSPS) is 11.4. The summed E-state index contributed by atoms with van der Waals surface area (Å²) in [5.41, 5.74) is 8.90. The molecule has 4 heteroatoms. The number of nitrogens with one attached hydrogen (secondary N) is 1. The largest absolute Gasteiger partial charge is 0.389 e. The number of hydrogen-bond acceptors (Lipinski definition) is 3. The van der Waals surface area contributed by atoms with Gasteiger partial charge in [-0.15, -0.1) is 0 Å². The lowest BCUT2D eigenvalue weighted by atomic mass is 10.0. The average Bonchev–Trinajstić information content (AvgIpc) is 2.40. The molecule has 0 saturated carbocycles. The number of nitrogens with two attached hydrogens (primary N) is 1. The highest BCUT2D eigenvalue weighted by atomic mass is 32.2. The second-order valence-electron chi connectivity index (χ2n) is 4.84. The van der Waals surface area contributed by atoms with Crippen LogP contribution in [0, 0.1) is 6.92 Å². The Morgan fingerprint density at radius 3 is 2.42 bits per heavy atom. The first kappa shape index (κ1) is 16.3. The fraction of sp³-hybridized carbons (Fsp3) is 0.533. The zero-order chi connectivity index (χ0) is 14.5. The van der Waals surface area contributed by atoms with Crippen molar-refractivity contribution in [3.05, 3.63) is 29.3 Å². The molecule has 0 amide bonds. The quantitative estimate of drug-likeness (QED) is 0.747. The molecule has 0 heterocycles. The third-order valence-corrected chi connectivity index (χ3v) is 5.64. The molecule has 0 aliphatic heterocycles. The summed E-state index contributed by atoms with van der Waals surface area (Å²) in [5, 5.41) is 3.54. The van der Waals surface area contributed by atoms with E-state index in [9.17, 15) is 0 Å².